The fourth-order valence-corrected chi connectivity index (χ4v) is 4.20. The van der Waals surface area contributed by atoms with Gasteiger partial charge in [0.2, 0.25) is 0 Å². The van der Waals surface area contributed by atoms with Crippen molar-refractivity contribution in [2.45, 2.75) is 12.1 Å². The van der Waals surface area contributed by atoms with E-state index in [1.165, 1.54) is 0 Å². The summed E-state index contributed by atoms with van der Waals surface area (Å²) < 4.78 is 11.5. The summed E-state index contributed by atoms with van der Waals surface area (Å²) in [4.78, 5) is 4.83. The zero-order chi connectivity index (χ0) is 15.2. The number of aliphatic imine (C=N–C) groups is 1. The molecule has 1 atom stereocenters. The number of nitrogens with two attached hydrogens (primary N) is 1. The number of methoxy groups -OCH3 is 1. The van der Waals surface area contributed by atoms with E-state index in [0.717, 1.165) is 33.9 Å². The topological polar surface area (TPSA) is 56.8 Å². The molecule has 2 aromatic carbocycles. The number of amidine groups is 1. The van der Waals surface area contributed by atoms with Gasteiger partial charge in [0.15, 0.2) is 5.17 Å². The monoisotopic (exact) mass is 312 g/mol. The third-order valence-electron chi connectivity index (χ3n) is 4.11. The van der Waals surface area contributed by atoms with Crippen molar-refractivity contribution < 1.29 is 9.47 Å². The van der Waals surface area contributed by atoms with Gasteiger partial charge in [-0.2, -0.15) is 0 Å². The highest BCUT2D eigenvalue weighted by Crippen LogP contribution is 2.53. The van der Waals surface area contributed by atoms with Crippen LogP contribution in [0.25, 0.3) is 0 Å². The summed E-state index contributed by atoms with van der Waals surface area (Å²) in [7, 11) is 1.70. The Bertz CT molecular complexity index is 775. The van der Waals surface area contributed by atoms with Crippen LogP contribution < -0.4 is 10.5 Å². The Balaban J connectivity index is 2.02. The van der Waals surface area contributed by atoms with E-state index in [1.807, 2.05) is 30.3 Å². The Morgan fingerprint density at radius 3 is 2.82 bits per heavy atom. The highest BCUT2D eigenvalue weighted by Gasteiger charge is 2.46. The minimum Gasteiger partial charge on any atom is -0.457 e. The van der Waals surface area contributed by atoms with E-state index in [2.05, 4.69) is 12.1 Å². The molecule has 1 unspecified atom stereocenters. The van der Waals surface area contributed by atoms with Gasteiger partial charge in [-0.25, -0.2) is 4.99 Å². The first-order chi connectivity index (χ1) is 10.7. The van der Waals surface area contributed by atoms with E-state index in [4.69, 9.17) is 20.2 Å². The lowest BCUT2D eigenvalue weighted by Crippen LogP contribution is -2.31. The molecular weight excluding hydrogens is 296 g/mol. The Morgan fingerprint density at radius 2 is 2.05 bits per heavy atom. The van der Waals surface area contributed by atoms with Gasteiger partial charge in [0, 0.05) is 24.0 Å². The Kier molecular flexibility index (Phi) is 3.13. The number of thioether (sulfide) groups is 1. The number of rotatable bonds is 2. The minimum atomic E-state index is -0.478. The maximum atomic E-state index is 6.11. The second kappa shape index (κ2) is 5.04. The van der Waals surface area contributed by atoms with E-state index < -0.39 is 5.54 Å². The van der Waals surface area contributed by atoms with Crippen LogP contribution in [-0.4, -0.2) is 18.0 Å². The minimum absolute atomic E-state index is 0.478. The van der Waals surface area contributed by atoms with Crippen LogP contribution in [0.2, 0.25) is 0 Å². The lowest BCUT2D eigenvalue weighted by atomic mass is 9.80. The molecule has 2 aliphatic heterocycles. The van der Waals surface area contributed by atoms with Crippen molar-refractivity contribution in [3.8, 4) is 11.5 Å². The van der Waals surface area contributed by atoms with Crippen LogP contribution >= 0.6 is 11.8 Å². The van der Waals surface area contributed by atoms with Gasteiger partial charge < -0.3 is 15.2 Å². The standard InChI is InChI=1S/C17H16N2O2S/c1-20-9-11-5-4-8-14-15(11)17(10-22-16(18)19-17)12-6-2-3-7-13(12)21-14/h2-8H,9-10H2,1H3,(H2,18,19). The molecule has 4 nitrogen and oxygen atoms in total. The van der Waals surface area contributed by atoms with E-state index >= 15 is 0 Å². The lowest BCUT2D eigenvalue weighted by Gasteiger charge is -2.35. The Morgan fingerprint density at radius 1 is 1.23 bits per heavy atom. The highest BCUT2D eigenvalue weighted by atomic mass is 32.2. The molecule has 22 heavy (non-hydrogen) atoms. The molecule has 2 heterocycles. The lowest BCUT2D eigenvalue weighted by molar-refractivity contribution is 0.182. The molecule has 0 saturated carbocycles. The van der Waals surface area contributed by atoms with Crippen LogP contribution in [0.5, 0.6) is 11.5 Å². The number of nitrogens with zero attached hydrogens (tertiary/aromatic N) is 1. The van der Waals surface area contributed by atoms with Crippen molar-refractivity contribution in [1.29, 1.82) is 0 Å². The summed E-state index contributed by atoms with van der Waals surface area (Å²) in [5, 5.41) is 0.620. The van der Waals surface area contributed by atoms with Crippen LogP contribution in [0.4, 0.5) is 0 Å². The van der Waals surface area contributed by atoms with E-state index in [0.29, 0.717) is 11.8 Å². The summed E-state index contributed by atoms with van der Waals surface area (Å²) >= 11 is 1.59. The van der Waals surface area contributed by atoms with Crippen molar-refractivity contribution in [2.24, 2.45) is 10.7 Å². The third-order valence-corrected chi connectivity index (χ3v) is 5.06. The number of para-hydroxylation sites is 1. The molecule has 2 aromatic rings. The van der Waals surface area contributed by atoms with Gasteiger partial charge in [0.1, 0.15) is 17.0 Å². The van der Waals surface area contributed by atoms with Crippen molar-refractivity contribution in [2.75, 3.05) is 12.9 Å². The van der Waals surface area contributed by atoms with Crippen molar-refractivity contribution in [3.05, 3.63) is 59.2 Å². The Hall–Kier alpha value is -1.98. The summed E-state index contributed by atoms with van der Waals surface area (Å²) in [6.45, 7) is 0.524. The molecule has 0 saturated heterocycles. The van der Waals surface area contributed by atoms with Crippen LogP contribution in [0.3, 0.4) is 0 Å². The average molecular weight is 312 g/mol. The van der Waals surface area contributed by atoms with Crippen LogP contribution in [-0.2, 0) is 16.9 Å². The maximum absolute atomic E-state index is 6.11. The molecule has 1 spiro atoms. The molecule has 0 aromatic heterocycles. The van der Waals surface area contributed by atoms with Crippen molar-refractivity contribution >= 4 is 16.9 Å². The van der Waals surface area contributed by atoms with E-state index in [1.54, 1.807) is 18.9 Å². The SMILES string of the molecule is COCc1cccc2c1C1(CSC(N)=N1)c1ccccc1O2. The van der Waals surface area contributed by atoms with Crippen LogP contribution in [0.15, 0.2) is 47.5 Å². The van der Waals surface area contributed by atoms with Crippen LogP contribution in [0, 0.1) is 0 Å². The summed E-state index contributed by atoms with van der Waals surface area (Å²) in [5.74, 6) is 2.48. The second-order valence-corrected chi connectivity index (χ2v) is 6.42. The average Bonchev–Trinajstić information content (AvgIpc) is 2.90. The predicted octanol–water partition coefficient (Wildman–Crippen LogP) is 3.24. The van der Waals surface area contributed by atoms with Gasteiger partial charge in [-0.3, -0.25) is 0 Å². The number of benzene rings is 2. The second-order valence-electron chi connectivity index (χ2n) is 5.42. The third kappa shape index (κ3) is 1.86. The smallest absolute Gasteiger partial charge is 0.155 e. The number of ether oxygens (including phenoxy) is 2. The molecule has 0 aliphatic carbocycles. The molecule has 112 valence electrons. The largest absolute Gasteiger partial charge is 0.457 e. The molecule has 2 N–H and O–H groups in total. The molecule has 0 radical (unpaired) electrons. The fraction of sp³-hybridized carbons (Fsp3) is 0.235. The molecule has 5 heteroatoms. The molecule has 0 bridgehead atoms. The molecule has 0 fully saturated rings. The van der Waals surface area contributed by atoms with E-state index in [-0.39, 0.29) is 0 Å². The maximum Gasteiger partial charge on any atom is 0.155 e. The van der Waals surface area contributed by atoms with Gasteiger partial charge in [0.25, 0.3) is 0 Å². The van der Waals surface area contributed by atoms with Gasteiger partial charge in [-0.05, 0) is 17.7 Å². The molecule has 0 amide bonds. The predicted molar refractivity (Wildman–Crippen MR) is 88.5 cm³/mol. The van der Waals surface area contributed by atoms with Crippen LogP contribution in [0.1, 0.15) is 16.7 Å². The quantitative estimate of drug-likeness (QED) is 0.925. The molecule has 2 aliphatic rings. The summed E-state index contributed by atoms with van der Waals surface area (Å²) in [5.41, 5.74) is 8.77. The Labute approximate surface area is 133 Å². The van der Waals surface area contributed by atoms with Gasteiger partial charge in [-0.15, -0.1) is 0 Å². The highest BCUT2D eigenvalue weighted by molar-refractivity contribution is 8.14. The summed E-state index contributed by atoms with van der Waals surface area (Å²) in [6.07, 6.45) is 0. The number of fused-ring (bicyclic) bond motifs is 4. The zero-order valence-electron chi connectivity index (χ0n) is 12.2. The van der Waals surface area contributed by atoms with Gasteiger partial charge >= 0.3 is 0 Å². The number of hydrogen-bond donors (Lipinski definition) is 1. The fourth-order valence-electron chi connectivity index (χ4n) is 3.25. The number of hydrogen-bond acceptors (Lipinski definition) is 5. The molecular formula is C17H16N2O2S. The van der Waals surface area contributed by atoms with Crippen molar-refractivity contribution in [3.63, 3.8) is 0 Å². The normalized spacial score (nSPS) is 22.0. The first kappa shape index (κ1) is 13.7. The van der Waals surface area contributed by atoms with Gasteiger partial charge in [-0.1, -0.05) is 42.1 Å². The van der Waals surface area contributed by atoms with E-state index in [9.17, 15) is 0 Å². The van der Waals surface area contributed by atoms with Crippen molar-refractivity contribution in [1.82, 2.24) is 0 Å². The first-order valence-corrected chi connectivity index (χ1v) is 8.10. The zero-order valence-corrected chi connectivity index (χ0v) is 13.0. The molecule has 4 rings (SSSR count). The van der Waals surface area contributed by atoms with Gasteiger partial charge in [0.05, 0.1) is 6.61 Å². The first-order valence-electron chi connectivity index (χ1n) is 7.11. The summed E-state index contributed by atoms with van der Waals surface area (Å²) in [6, 6.07) is 14.1.